The number of hydrogen-bond acceptors (Lipinski definition) is 6. The number of Topliss-reactive ketones (excluding diaryl/α,β-unsaturated/α-hetero) is 1. The number of nitrogens with one attached hydrogen (secondary N) is 1. The Morgan fingerprint density at radius 2 is 2.17 bits per heavy atom. The molecule has 124 valence electrons. The molecule has 1 N–H and O–H groups in total. The Morgan fingerprint density at radius 1 is 1.39 bits per heavy atom. The van der Waals surface area contributed by atoms with E-state index in [1.54, 1.807) is 0 Å². The van der Waals surface area contributed by atoms with Gasteiger partial charge in [0.25, 0.3) is 0 Å². The van der Waals surface area contributed by atoms with Crippen LogP contribution in [-0.2, 0) is 6.42 Å². The number of likely N-dealkylation sites (N-methyl/N-ethyl adjacent to an activating group) is 1. The number of aromatic nitrogens is 2. The molecule has 7 heteroatoms. The van der Waals surface area contributed by atoms with Crippen LogP contribution in [0.15, 0.2) is 34.9 Å². The number of carbonyl (C=O) groups is 1. The SMILES string of the molecule is CN1CCNCC1c1noc(CCC(=O)c2ccccc2)n1.Cl. The van der Waals surface area contributed by atoms with Crippen molar-refractivity contribution in [3.8, 4) is 0 Å². The first kappa shape index (κ1) is 17.6. The average molecular weight is 337 g/mol. The number of hydrogen-bond donors (Lipinski definition) is 1. The van der Waals surface area contributed by atoms with E-state index in [4.69, 9.17) is 4.52 Å². The highest BCUT2D eigenvalue weighted by atomic mass is 35.5. The minimum Gasteiger partial charge on any atom is -0.339 e. The fourth-order valence-electron chi connectivity index (χ4n) is 2.59. The summed E-state index contributed by atoms with van der Waals surface area (Å²) < 4.78 is 5.28. The predicted molar refractivity (Wildman–Crippen MR) is 88.9 cm³/mol. The molecule has 1 aromatic carbocycles. The van der Waals surface area contributed by atoms with Crippen LogP contribution < -0.4 is 5.32 Å². The van der Waals surface area contributed by atoms with Gasteiger partial charge in [0.05, 0.1) is 6.04 Å². The first-order valence-electron chi connectivity index (χ1n) is 7.56. The van der Waals surface area contributed by atoms with Crippen LogP contribution in [-0.4, -0.2) is 47.5 Å². The Bertz CT molecular complexity index is 632. The standard InChI is InChI=1S/C16H20N4O2.ClH/c1-20-10-9-17-11-13(20)16-18-15(22-19-16)8-7-14(21)12-5-3-2-4-6-12;/h2-6,13,17H,7-11H2,1H3;1H. The summed E-state index contributed by atoms with van der Waals surface area (Å²) >= 11 is 0. The number of benzene rings is 1. The summed E-state index contributed by atoms with van der Waals surface area (Å²) in [5.74, 6) is 1.31. The summed E-state index contributed by atoms with van der Waals surface area (Å²) in [6.07, 6.45) is 0.856. The molecule has 1 aliphatic rings. The highest BCUT2D eigenvalue weighted by molar-refractivity contribution is 5.96. The van der Waals surface area contributed by atoms with Crippen molar-refractivity contribution in [2.45, 2.75) is 18.9 Å². The van der Waals surface area contributed by atoms with Crippen LogP contribution in [0.2, 0.25) is 0 Å². The van der Waals surface area contributed by atoms with Gasteiger partial charge in [-0.25, -0.2) is 0 Å². The number of halogens is 1. The molecule has 0 spiro atoms. The van der Waals surface area contributed by atoms with Crippen LogP contribution in [0.5, 0.6) is 0 Å². The van der Waals surface area contributed by atoms with E-state index >= 15 is 0 Å². The van der Waals surface area contributed by atoms with Gasteiger partial charge in [-0.05, 0) is 7.05 Å². The molecule has 2 heterocycles. The third-order valence-corrected chi connectivity index (χ3v) is 3.95. The van der Waals surface area contributed by atoms with Crippen LogP contribution in [0.3, 0.4) is 0 Å². The molecule has 1 fully saturated rings. The molecule has 1 saturated heterocycles. The number of carbonyl (C=O) groups excluding carboxylic acids is 1. The largest absolute Gasteiger partial charge is 0.339 e. The van der Waals surface area contributed by atoms with Crippen molar-refractivity contribution in [2.24, 2.45) is 0 Å². The predicted octanol–water partition coefficient (Wildman–Crippen LogP) is 1.88. The van der Waals surface area contributed by atoms with Crippen molar-refractivity contribution < 1.29 is 9.32 Å². The first-order valence-corrected chi connectivity index (χ1v) is 7.56. The summed E-state index contributed by atoms with van der Waals surface area (Å²) in [5.41, 5.74) is 0.721. The zero-order valence-corrected chi connectivity index (χ0v) is 13.9. The molecule has 3 rings (SSSR count). The van der Waals surface area contributed by atoms with Gasteiger partial charge in [-0.2, -0.15) is 4.98 Å². The second kappa shape index (κ2) is 8.19. The third kappa shape index (κ3) is 4.37. The lowest BCUT2D eigenvalue weighted by Crippen LogP contribution is -2.44. The smallest absolute Gasteiger partial charge is 0.227 e. The summed E-state index contributed by atoms with van der Waals surface area (Å²) in [4.78, 5) is 18.7. The Labute approximate surface area is 141 Å². The number of aryl methyl sites for hydroxylation is 1. The van der Waals surface area contributed by atoms with E-state index in [1.807, 2.05) is 30.3 Å². The second-order valence-electron chi connectivity index (χ2n) is 5.54. The summed E-state index contributed by atoms with van der Waals surface area (Å²) in [7, 11) is 2.06. The molecule has 0 aliphatic carbocycles. The quantitative estimate of drug-likeness (QED) is 0.841. The Morgan fingerprint density at radius 3 is 2.91 bits per heavy atom. The molecule has 1 unspecified atom stereocenters. The topological polar surface area (TPSA) is 71.3 Å². The lowest BCUT2D eigenvalue weighted by Gasteiger charge is -2.30. The van der Waals surface area contributed by atoms with Gasteiger partial charge in [-0.1, -0.05) is 35.5 Å². The number of rotatable bonds is 5. The lowest BCUT2D eigenvalue weighted by atomic mass is 10.1. The molecule has 1 aliphatic heterocycles. The third-order valence-electron chi connectivity index (χ3n) is 3.95. The fraction of sp³-hybridized carbons (Fsp3) is 0.438. The normalized spacial score (nSPS) is 18.4. The first-order chi connectivity index (χ1) is 10.7. The van der Waals surface area contributed by atoms with E-state index in [9.17, 15) is 4.79 Å². The van der Waals surface area contributed by atoms with Gasteiger partial charge in [-0.15, -0.1) is 12.4 Å². The zero-order chi connectivity index (χ0) is 15.4. The second-order valence-corrected chi connectivity index (χ2v) is 5.54. The van der Waals surface area contributed by atoms with E-state index in [-0.39, 0.29) is 24.2 Å². The van der Waals surface area contributed by atoms with Crippen molar-refractivity contribution in [1.29, 1.82) is 0 Å². The maximum Gasteiger partial charge on any atom is 0.227 e. The molecule has 0 amide bonds. The van der Waals surface area contributed by atoms with Crippen LogP contribution in [0.1, 0.15) is 34.5 Å². The van der Waals surface area contributed by atoms with Crippen molar-refractivity contribution in [3.63, 3.8) is 0 Å². The molecule has 1 atom stereocenters. The highest BCUT2D eigenvalue weighted by Gasteiger charge is 2.25. The zero-order valence-electron chi connectivity index (χ0n) is 13.1. The molecule has 1 aromatic heterocycles. The fourth-order valence-corrected chi connectivity index (χ4v) is 2.59. The van der Waals surface area contributed by atoms with Crippen molar-refractivity contribution in [2.75, 3.05) is 26.7 Å². The van der Waals surface area contributed by atoms with Crippen molar-refractivity contribution in [3.05, 3.63) is 47.6 Å². The van der Waals surface area contributed by atoms with E-state index in [0.717, 1.165) is 25.2 Å². The van der Waals surface area contributed by atoms with Crippen LogP contribution in [0, 0.1) is 0 Å². The number of nitrogens with zero attached hydrogens (tertiary/aromatic N) is 3. The Balaban J connectivity index is 0.00000192. The van der Waals surface area contributed by atoms with E-state index in [1.165, 1.54) is 0 Å². The van der Waals surface area contributed by atoms with Crippen LogP contribution in [0.4, 0.5) is 0 Å². The van der Waals surface area contributed by atoms with E-state index < -0.39 is 0 Å². The molecule has 0 saturated carbocycles. The summed E-state index contributed by atoms with van der Waals surface area (Å²) in [5, 5.41) is 7.39. The van der Waals surface area contributed by atoms with Crippen LogP contribution in [0.25, 0.3) is 0 Å². The van der Waals surface area contributed by atoms with Gasteiger partial charge < -0.3 is 9.84 Å². The van der Waals surface area contributed by atoms with E-state index in [0.29, 0.717) is 24.6 Å². The molecule has 0 bridgehead atoms. The summed E-state index contributed by atoms with van der Waals surface area (Å²) in [6.45, 7) is 2.75. The van der Waals surface area contributed by atoms with Gasteiger partial charge >= 0.3 is 0 Å². The van der Waals surface area contributed by atoms with Gasteiger partial charge in [0, 0.05) is 38.0 Å². The van der Waals surface area contributed by atoms with E-state index in [2.05, 4.69) is 27.4 Å². The summed E-state index contributed by atoms with van der Waals surface area (Å²) in [6, 6.07) is 9.41. The minimum atomic E-state index is 0. The minimum absolute atomic E-state index is 0. The van der Waals surface area contributed by atoms with Gasteiger partial charge in [0.15, 0.2) is 11.6 Å². The van der Waals surface area contributed by atoms with Crippen molar-refractivity contribution >= 4 is 18.2 Å². The monoisotopic (exact) mass is 336 g/mol. The Kier molecular flexibility index (Phi) is 6.27. The van der Waals surface area contributed by atoms with Crippen LogP contribution >= 0.6 is 12.4 Å². The molecule has 2 aromatic rings. The maximum absolute atomic E-state index is 12.1. The van der Waals surface area contributed by atoms with Gasteiger partial charge in [0.1, 0.15) is 0 Å². The van der Waals surface area contributed by atoms with Crippen molar-refractivity contribution in [1.82, 2.24) is 20.4 Å². The molecular formula is C16H21ClN4O2. The van der Waals surface area contributed by atoms with Gasteiger partial charge in [-0.3, -0.25) is 9.69 Å². The molecule has 6 nitrogen and oxygen atoms in total. The highest BCUT2D eigenvalue weighted by Crippen LogP contribution is 2.18. The average Bonchev–Trinajstić information content (AvgIpc) is 3.02. The Hall–Kier alpha value is -1.76. The van der Waals surface area contributed by atoms with Gasteiger partial charge in [0.2, 0.25) is 5.89 Å². The molecule has 23 heavy (non-hydrogen) atoms. The molecular weight excluding hydrogens is 316 g/mol. The number of ketones is 1. The number of piperazine rings is 1. The maximum atomic E-state index is 12.1. The molecule has 0 radical (unpaired) electrons. The lowest BCUT2D eigenvalue weighted by molar-refractivity contribution is 0.0979.